The third-order valence-corrected chi connectivity index (χ3v) is 6.22. The summed E-state index contributed by atoms with van der Waals surface area (Å²) in [7, 11) is 0. The minimum atomic E-state index is -0.523. The summed E-state index contributed by atoms with van der Waals surface area (Å²) in [5, 5.41) is 14.0. The maximum atomic E-state index is 11.9. The largest absolute Gasteiger partial charge is 0.504 e. The van der Waals surface area contributed by atoms with Gasteiger partial charge in [-0.25, -0.2) is 4.98 Å². The van der Waals surface area contributed by atoms with Crippen LogP contribution in [0, 0.1) is 0 Å². The minimum Gasteiger partial charge on any atom is -0.504 e. The van der Waals surface area contributed by atoms with Crippen molar-refractivity contribution in [2.24, 2.45) is 5.73 Å². The molecule has 0 atom stereocenters. The number of fused-ring (bicyclic) bond motifs is 2. The Kier molecular flexibility index (Phi) is 4.52. The molecule has 1 amide bonds. The van der Waals surface area contributed by atoms with Gasteiger partial charge in [0.05, 0.1) is 12.1 Å². The van der Waals surface area contributed by atoms with Crippen molar-refractivity contribution in [3.8, 4) is 22.6 Å². The zero-order valence-corrected chi connectivity index (χ0v) is 16.9. The van der Waals surface area contributed by atoms with Crippen molar-refractivity contribution in [2.45, 2.75) is 6.54 Å². The molecular formula is C23H19N3O3S. The maximum Gasteiger partial charge on any atom is 0.252 e. The summed E-state index contributed by atoms with van der Waals surface area (Å²) in [5.74, 6) is 0.574. The highest BCUT2D eigenvalue weighted by Gasteiger charge is 2.23. The average Bonchev–Trinajstić information content (AvgIpc) is 3.06. The lowest BCUT2D eigenvalue weighted by Gasteiger charge is -2.22. The number of primary amides is 1. The predicted molar refractivity (Wildman–Crippen MR) is 118 cm³/mol. The molecule has 1 aliphatic heterocycles. The van der Waals surface area contributed by atoms with Crippen LogP contribution in [0.15, 0.2) is 60.1 Å². The van der Waals surface area contributed by atoms with Gasteiger partial charge in [-0.1, -0.05) is 18.2 Å². The van der Waals surface area contributed by atoms with Crippen LogP contribution in [-0.4, -0.2) is 29.1 Å². The van der Waals surface area contributed by atoms with Crippen molar-refractivity contribution < 1.29 is 14.6 Å². The lowest BCUT2D eigenvalue weighted by molar-refractivity contribution is 0.100. The van der Waals surface area contributed by atoms with E-state index in [1.807, 2.05) is 23.1 Å². The SMILES string of the molecule is NC(=O)c1cccnc1N1CCOc2c(O)cc(-c3csc4ccccc34)cc2C1. The number of rotatable bonds is 3. The molecule has 0 saturated carbocycles. The summed E-state index contributed by atoms with van der Waals surface area (Å²) in [6, 6.07) is 15.3. The Morgan fingerprint density at radius 2 is 2.07 bits per heavy atom. The molecule has 3 N–H and O–H groups in total. The molecule has 150 valence electrons. The summed E-state index contributed by atoms with van der Waals surface area (Å²) in [4.78, 5) is 18.2. The number of anilines is 1. The topological polar surface area (TPSA) is 88.7 Å². The van der Waals surface area contributed by atoms with E-state index in [4.69, 9.17) is 10.5 Å². The van der Waals surface area contributed by atoms with Gasteiger partial charge in [0.2, 0.25) is 0 Å². The number of carbonyl (C=O) groups excluding carboxylic acids is 1. The number of phenolic OH excluding ortho intramolecular Hbond substituents is 1. The first-order valence-corrected chi connectivity index (χ1v) is 10.4. The summed E-state index contributed by atoms with van der Waals surface area (Å²) in [6.07, 6.45) is 1.64. The van der Waals surface area contributed by atoms with E-state index in [1.165, 1.54) is 4.70 Å². The lowest BCUT2D eigenvalue weighted by Crippen LogP contribution is -2.29. The molecule has 30 heavy (non-hydrogen) atoms. The first-order chi connectivity index (χ1) is 14.6. The molecule has 7 heteroatoms. The number of nitrogens with zero attached hydrogens (tertiary/aromatic N) is 2. The number of thiophene rings is 1. The highest BCUT2D eigenvalue weighted by Crippen LogP contribution is 2.41. The average molecular weight is 417 g/mol. The molecule has 4 aromatic rings. The third kappa shape index (κ3) is 3.13. The molecular weight excluding hydrogens is 398 g/mol. The van der Waals surface area contributed by atoms with Crippen molar-refractivity contribution >= 4 is 33.1 Å². The molecule has 0 aliphatic carbocycles. The molecule has 0 unspecified atom stereocenters. The Bertz CT molecular complexity index is 1270. The summed E-state index contributed by atoms with van der Waals surface area (Å²) in [6.45, 7) is 1.31. The van der Waals surface area contributed by atoms with Gasteiger partial charge in [-0.2, -0.15) is 0 Å². The van der Waals surface area contributed by atoms with Gasteiger partial charge in [-0.3, -0.25) is 4.79 Å². The van der Waals surface area contributed by atoms with Crippen molar-refractivity contribution in [2.75, 3.05) is 18.1 Å². The van der Waals surface area contributed by atoms with Gasteiger partial charge in [-0.05, 0) is 41.3 Å². The first-order valence-electron chi connectivity index (χ1n) is 9.57. The number of nitrogens with two attached hydrogens (primary N) is 1. The standard InChI is InChI=1S/C23H19N3O3S/c24-22(28)17-5-3-7-25-23(17)26-8-9-29-21-15(12-26)10-14(11-19(21)27)18-13-30-20-6-2-1-4-16(18)20/h1-7,10-11,13,27H,8-9,12H2,(H2,24,28). The highest BCUT2D eigenvalue weighted by atomic mass is 32.1. The van der Waals surface area contributed by atoms with Crippen molar-refractivity contribution in [1.82, 2.24) is 4.98 Å². The third-order valence-electron chi connectivity index (χ3n) is 5.26. The van der Waals surface area contributed by atoms with Gasteiger partial charge in [0.25, 0.3) is 5.91 Å². The Morgan fingerprint density at radius 1 is 1.20 bits per heavy atom. The second kappa shape index (κ2) is 7.35. The molecule has 1 aliphatic rings. The van der Waals surface area contributed by atoms with Crippen molar-refractivity contribution in [1.29, 1.82) is 0 Å². The van der Waals surface area contributed by atoms with Gasteiger partial charge in [0.1, 0.15) is 12.4 Å². The van der Waals surface area contributed by atoms with E-state index in [9.17, 15) is 9.90 Å². The first kappa shape index (κ1) is 18.4. The van der Waals surface area contributed by atoms with E-state index >= 15 is 0 Å². The Morgan fingerprint density at radius 3 is 2.93 bits per heavy atom. The van der Waals surface area contributed by atoms with Crippen LogP contribution in [0.3, 0.4) is 0 Å². The number of hydrogen-bond donors (Lipinski definition) is 2. The number of amides is 1. The highest BCUT2D eigenvalue weighted by molar-refractivity contribution is 7.17. The normalized spacial score (nSPS) is 13.5. The predicted octanol–water partition coefficient (Wildman–Crippen LogP) is 4.17. The molecule has 2 aromatic heterocycles. The Hall–Kier alpha value is -3.58. The number of benzene rings is 2. The summed E-state index contributed by atoms with van der Waals surface area (Å²) >= 11 is 1.67. The fraction of sp³-hybridized carbons (Fsp3) is 0.130. The molecule has 0 saturated heterocycles. The number of aromatic hydroxyl groups is 1. The molecule has 0 spiro atoms. The zero-order chi connectivity index (χ0) is 20.7. The fourth-order valence-electron chi connectivity index (χ4n) is 3.88. The number of aromatic nitrogens is 1. The van der Waals surface area contributed by atoms with Crippen molar-refractivity contribution in [3.63, 3.8) is 0 Å². The second-order valence-corrected chi connectivity index (χ2v) is 8.05. The van der Waals surface area contributed by atoms with Crippen LogP contribution in [0.2, 0.25) is 0 Å². The van der Waals surface area contributed by atoms with Crippen LogP contribution in [0.5, 0.6) is 11.5 Å². The summed E-state index contributed by atoms with van der Waals surface area (Å²) < 4.78 is 7.05. The lowest BCUT2D eigenvalue weighted by atomic mass is 10.0. The molecule has 6 nitrogen and oxygen atoms in total. The number of ether oxygens (including phenoxy) is 1. The van der Waals surface area contributed by atoms with Gasteiger partial charge >= 0.3 is 0 Å². The van der Waals surface area contributed by atoms with E-state index in [2.05, 4.69) is 22.5 Å². The zero-order valence-electron chi connectivity index (χ0n) is 16.0. The van der Waals surface area contributed by atoms with Crippen molar-refractivity contribution in [3.05, 3.63) is 71.2 Å². The molecule has 0 radical (unpaired) electrons. The van der Waals surface area contributed by atoms with E-state index in [0.717, 1.165) is 22.1 Å². The molecule has 5 rings (SSSR count). The molecule has 2 aromatic carbocycles. The van der Waals surface area contributed by atoms with E-state index in [1.54, 1.807) is 35.7 Å². The fourth-order valence-corrected chi connectivity index (χ4v) is 4.85. The Labute approximate surface area is 177 Å². The van der Waals surface area contributed by atoms with E-state index < -0.39 is 5.91 Å². The van der Waals surface area contributed by atoms with Gasteiger partial charge in [0, 0.05) is 34.0 Å². The monoisotopic (exact) mass is 417 g/mol. The number of hydrogen-bond acceptors (Lipinski definition) is 6. The van der Waals surface area contributed by atoms with Crippen LogP contribution >= 0.6 is 11.3 Å². The number of pyridine rings is 1. The van der Waals surface area contributed by atoms with Crippen LogP contribution in [-0.2, 0) is 6.54 Å². The van der Waals surface area contributed by atoms with Crippen LogP contribution in [0.1, 0.15) is 15.9 Å². The van der Waals surface area contributed by atoms with Crippen LogP contribution in [0.4, 0.5) is 5.82 Å². The van der Waals surface area contributed by atoms with Gasteiger partial charge in [-0.15, -0.1) is 11.3 Å². The second-order valence-electron chi connectivity index (χ2n) is 7.14. The van der Waals surface area contributed by atoms with E-state index in [-0.39, 0.29) is 5.75 Å². The number of phenols is 1. The molecule has 3 heterocycles. The van der Waals surface area contributed by atoms with E-state index in [0.29, 0.717) is 36.8 Å². The summed E-state index contributed by atoms with van der Waals surface area (Å²) in [5.41, 5.74) is 8.73. The minimum absolute atomic E-state index is 0.107. The molecule has 0 bridgehead atoms. The van der Waals surface area contributed by atoms with Gasteiger partial charge in [0.15, 0.2) is 11.5 Å². The van der Waals surface area contributed by atoms with Crippen LogP contribution in [0.25, 0.3) is 21.2 Å². The maximum absolute atomic E-state index is 11.9. The smallest absolute Gasteiger partial charge is 0.252 e. The Balaban J connectivity index is 1.59. The van der Waals surface area contributed by atoms with Gasteiger partial charge < -0.3 is 20.5 Å². The quantitative estimate of drug-likeness (QED) is 0.522. The molecule has 0 fully saturated rings. The number of carbonyl (C=O) groups is 1. The van der Waals surface area contributed by atoms with Crippen LogP contribution < -0.4 is 15.4 Å².